The maximum absolute atomic E-state index is 11.9. The highest BCUT2D eigenvalue weighted by molar-refractivity contribution is 6.31. The van der Waals surface area contributed by atoms with Crippen LogP contribution in [0.4, 0.5) is 11.4 Å². The Bertz CT molecular complexity index is 720. The summed E-state index contributed by atoms with van der Waals surface area (Å²) in [6.45, 7) is 5.35. The highest BCUT2D eigenvalue weighted by Crippen LogP contribution is 2.47. The molecule has 1 N–H and O–H groups in total. The molecule has 0 unspecified atom stereocenters. The second-order valence-electron chi connectivity index (χ2n) is 5.40. The Morgan fingerprint density at radius 1 is 1.08 bits per heavy atom. The molecule has 2 aliphatic rings. The number of nitrogens with zero attached hydrogens (tertiary/aromatic N) is 1. The van der Waals surface area contributed by atoms with Gasteiger partial charge in [0.05, 0.1) is 24.6 Å². The van der Waals surface area contributed by atoms with Crippen molar-refractivity contribution in [3.8, 4) is 11.5 Å². The zero-order valence-corrected chi connectivity index (χ0v) is 14.2. The summed E-state index contributed by atoms with van der Waals surface area (Å²) in [4.78, 5) is 13.5. The van der Waals surface area contributed by atoms with Crippen molar-refractivity contribution in [1.82, 2.24) is 5.32 Å². The molecule has 2 aliphatic heterocycles. The molecular weight excluding hydrogens is 328 g/mol. The monoisotopic (exact) mass is 346 g/mol. The number of carbonyl (C=O) groups excluding carboxylic acids is 1. The van der Waals surface area contributed by atoms with E-state index in [1.165, 1.54) is 6.92 Å². The summed E-state index contributed by atoms with van der Waals surface area (Å²) < 4.78 is 10.8. The third-order valence-corrected chi connectivity index (χ3v) is 3.88. The molecule has 6 heteroatoms. The molecule has 0 saturated carbocycles. The lowest BCUT2D eigenvalue weighted by Crippen LogP contribution is -2.30. The summed E-state index contributed by atoms with van der Waals surface area (Å²) in [5.41, 5.74) is 1.41. The Morgan fingerprint density at radius 3 is 2.42 bits per heavy atom. The van der Waals surface area contributed by atoms with Gasteiger partial charge in [0.25, 0.3) is 0 Å². The van der Waals surface area contributed by atoms with Gasteiger partial charge < -0.3 is 14.8 Å². The fourth-order valence-electron chi connectivity index (χ4n) is 2.58. The van der Waals surface area contributed by atoms with Crippen LogP contribution in [0.5, 0.6) is 11.5 Å². The topological polar surface area (TPSA) is 50.8 Å². The zero-order chi connectivity index (χ0) is 16.9. The van der Waals surface area contributed by atoms with E-state index >= 15 is 0 Å². The van der Waals surface area contributed by atoms with E-state index in [9.17, 15) is 4.79 Å². The minimum atomic E-state index is -0.0748. The van der Waals surface area contributed by atoms with Crippen LogP contribution in [0.1, 0.15) is 6.92 Å². The normalized spacial score (nSPS) is 15.3. The summed E-state index contributed by atoms with van der Waals surface area (Å²) in [5.74, 6) is 1.23. The number of hydrogen-bond acceptors (Lipinski definition) is 4. The number of amides is 1. The van der Waals surface area contributed by atoms with Gasteiger partial charge in [-0.25, -0.2) is 0 Å². The molecule has 0 spiro atoms. The first-order chi connectivity index (χ1) is 11.7. The van der Waals surface area contributed by atoms with Crippen LogP contribution in [-0.2, 0) is 9.53 Å². The van der Waals surface area contributed by atoms with Crippen molar-refractivity contribution >= 4 is 28.9 Å². The second-order valence-corrected chi connectivity index (χ2v) is 5.84. The number of morpholine rings is 1. The smallest absolute Gasteiger partial charge is 0.228 e. The largest absolute Gasteiger partial charge is 0.453 e. The number of fused-ring (bicyclic) bond motifs is 2. The number of hydrogen-bond donors (Lipinski definition) is 1. The summed E-state index contributed by atoms with van der Waals surface area (Å²) in [6, 6.07) is 12.7. The molecular formula is C18H19ClN2O3. The predicted molar refractivity (Wildman–Crippen MR) is 94.5 cm³/mol. The van der Waals surface area contributed by atoms with Crippen molar-refractivity contribution in [3.05, 3.63) is 47.5 Å². The van der Waals surface area contributed by atoms with Crippen LogP contribution in [0, 0.1) is 0 Å². The highest BCUT2D eigenvalue weighted by Gasteiger charge is 2.26. The molecule has 0 aliphatic carbocycles. The molecule has 1 saturated heterocycles. The van der Waals surface area contributed by atoms with Crippen molar-refractivity contribution in [2.24, 2.45) is 0 Å². The van der Waals surface area contributed by atoms with Gasteiger partial charge in [0.1, 0.15) is 0 Å². The van der Waals surface area contributed by atoms with Crippen molar-refractivity contribution in [2.45, 2.75) is 6.92 Å². The van der Waals surface area contributed by atoms with E-state index in [1.54, 1.807) is 23.1 Å². The lowest BCUT2D eigenvalue weighted by Gasteiger charge is -2.30. The second kappa shape index (κ2) is 7.66. The quantitative estimate of drug-likeness (QED) is 0.789. The van der Waals surface area contributed by atoms with E-state index in [0.29, 0.717) is 22.2 Å². The number of rotatable bonds is 0. The van der Waals surface area contributed by atoms with Gasteiger partial charge in [-0.1, -0.05) is 23.7 Å². The Balaban J connectivity index is 0.000000238. The Morgan fingerprint density at radius 2 is 1.79 bits per heavy atom. The number of nitrogens with one attached hydrogen (secondary N) is 1. The summed E-state index contributed by atoms with van der Waals surface area (Å²) in [5, 5.41) is 3.73. The standard InChI is InChI=1S/C14H10ClNO2.C4H9NO/c1-9(17)16-11-4-2-3-5-13(11)18-14-7-6-10(15)8-12(14)16;1-3-6-4-2-5-1/h2-8H,1H3;5H,1-4H2. The third kappa shape index (κ3) is 3.70. The van der Waals surface area contributed by atoms with Gasteiger partial charge in [-0.05, 0) is 30.3 Å². The van der Waals surface area contributed by atoms with Gasteiger partial charge in [0.2, 0.25) is 5.91 Å². The Kier molecular flexibility index (Phi) is 5.35. The van der Waals surface area contributed by atoms with Gasteiger partial charge in [0, 0.05) is 25.0 Å². The molecule has 2 heterocycles. The summed E-state index contributed by atoms with van der Waals surface area (Å²) >= 11 is 5.98. The molecule has 0 bridgehead atoms. The number of anilines is 2. The van der Waals surface area contributed by atoms with E-state index in [4.69, 9.17) is 21.1 Å². The van der Waals surface area contributed by atoms with Crippen molar-refractivity contribution < 1.29 is 14.3 Å². The van der Waals surface area contributed by atoms with Crippen LogP contribution >= 0.6 is 11.6 Å². The molecule has 0 aromatic heterocycles. The van der Waals surface area contributed by atoms with Crippen LogP contribution in [0.15, 0.2) is 42.5 Å². The first-order valence-corrected chi connectivity index (χ1v) is 8.20. The van der Waals surface area contributed by atoms with Gasteiger partial charge in [-0.2, -0.15) is 0 Å². The first kappa shape index (κ1) is 16.8. The van der Waals surface area contributed by atoms with Crippen molar-refractivity contribution in [3.63, 3.8) is 0 Å². The number of ether oxygens (including phenoxy) is 2. The maximum Gasteiger partial charge on any atom is 0.228 e. The number of halogens is 1. The van der Waals surface area contributed by atoms with Gasteiger partial charge in [-0.3, -0.25) is 9.69 Å². The van der Waals surface area contributed by atoms with Crippen LogP contribution in [0.3, 0.4) is 0 Å². The Labute approximate surface area is 146 Å². The van der Waals surface area contributed by atoms with Gasteiger partial charge in [-0.15, -0.1) is 0 Å². The minimum Gasteiger partial charge on any atom is -0.453 e. The van der Waals surface area contributed by atoms with E-state index in [2.05, 4.69) is 5.32 Å². The van der Waals surface area contributed by atoms with Crippen LogP contribution in [0.25, 0.3) is 0 Å². The fraction of sp³-hybridized carbons (Fsp3) is 0.278. The highest BCUT2D eigenvalue weighted by atomic mass is 35.5. The molecule has 2 aromatic carbocycles. The van der Waals surface area contributed by atoms with Gasteiger partial charge >= 0.3 is 0 Å². The summed E-state index contributed by atoms with van der Waals surface area (Å²) in [7, 11) is 0. The number of para-hydroxylation sites is 2. The molecule has 2 aromatic rings. The zero-order valence-electron chi connectivity index (χ0n) is 13.4. The summed E-state index contributed by atoms with van der Waals surface area (Å²) in [6.07, 6.45) is 0. The molecule has 1 fully saturated rings. The van der Waals surface area contributed by atoms with Gasteiger partial charge in [0.15, 0.2) is 11.5 Å². The first-order valence-electron chi connectivity index (χ1n) is 7.82. The molecule has 0 radical (unpaired) electrons. The van der Waals surface area contributed by atoms with Crippen LogP contribution < -0.4 is 15.0 Å². The molecule has 4 rings (SSSR count). The van der Waals surface area contributed by atoms with E-state index in [1.807, 2.05) is 24.3 Å². The van der Waals surface area contributed by atoms with Crippen LogP contribution in [0.2, 0.25) is 5.02 Å². The average Bonchev–Trinajstić information content (AvgIpc) is 2.61. The fourth-order valence-corrected chi connectivity index (χ4v) is 2.75. The molecule has 1 amide bonds. The maximum atomic E-state index is 11.9. The Hall–Kier alpha value is -2.08. The lowest BCUT2D eigenvalue weighted by molar-refractivity contribution is -0.115. The van der Waals surface area contributed by atoms with Crippen molar-refractivity contribution in [2.75, 3.05) is 31.2 Å². The van der Waals surface area contributed by atoms with Crippen LogP contribution in [-0.4, -0.2) is 32.2 Å². The molecule has 126 valence electrons. The molecule has 0 atom stereocenters. The number of benzene rings is 2. The molecule has 24 heavy (non-hydrogen) atoms. The predicted octanol–water partition coefficient (Wildman–Crippen LogP) is 3.74. The minimum absolute atomic E-state index is 0.0748. The molecule has 5 nitrogen and oxygen atoms in total. The van der Waals surface area contributed by atoms with E-state index in [-0.39, 0.29) is 5.91 Å². The number of carbonyl (C=O) groups is 1. The SMILES string of the molecule is C1COCCN1.CC(=O)N1c2ccccc2Oc2ccc(Cl)cc21. The third-order valence-electron chi connectivity index (χ3n) is 3.65. The van der Waals surface area contributed by atoms with Crippen molar-refractivity contribution in [1.29, 1.82) is 0 Å². The van der Waals surface area contributed by atoms with E-state index < -0.39 is 0 Å². The van der Waals surface area contributed by atoms with E-state index in [0.717, 1.165) is 32.0 Å². The lowest BCUT2D eigenvalue weighted by atomic mass is 10.1. The average molecular weight is 347 g/mol.